The summed E-state index contributed by atoms with van der Waals surface area (Å²) in [6.45, 7) is 21.8. The second-order valence-electron chi connectivity index (χ2n) is 19.6. The highest BCUT2D eigenvalue weighted by molar-refractivity contribution is 5.69. The number of rotatable bonds is 30. The van der Waals surface area contributed by atoms with Crippen LogP contribution >= 0.6 is 0 Å². The second-order valence-corrected chi connectivity index (χ2v) is 19.6. The number of hydrogen-bond donors (Lipinski definition) is 0. The van der Waals surface area contributed by atoms with Crippen molar-refractivity contribution in [2.24, 2.45) is 46.3 Å². The zero-order valence-corrected chi connectivity index (χ0v) is 40.2. The largest absolute Gasteiger partial charge is 0.461 e. The Labute approximate surface area is 374 Å². The van der Waals surface area contributed by atoms with Gasteiger partial charge in [-0.2, -0.15) is 5.10 Å². The maximum absolute atomic E-state index is 13.8. The van der Waals surface area contributed by atoms with Crippen molar-refractivity contribution in [1.82, 2.24) is 14.8 Å². The number of carbonyl (C=O) groups excluding carboxylic acids is 1. The summed E-state index contributed by atoms with van der Waals surface area (Å²) >= 11 is 0. The number of ether oxygens (including phenoxy) is 9. The normalized spacial score (nSPS) is 28.5. The highest BCUT2D eigenvalue weighted by atomic mass is 16.6. The predicted octanol–water partition coefficient (Wildman–Crippen LogP) is 8.75. The van der Waals surface area contributed by atoms with Crippen LogP contribution in [0.1, 0.15) is 143 Å². The molecule has 1 aromatic rings. The molecular formula is C49H85N3O10. The summed E-state index contributed by atoms with van der Waals surface area (Å²) in [6, 6.07) is 0. The number of allylic oxidation sites excluding steroid dienone is 1. The molecule has 4 aliphatic rings. The second kappa shape index (κ2) is 25.7. The van der Waals surface area contributed by atoms with Gasteiger partial charge in [0.1, 0.15) is 24.9 Å². The Kier molecular flexibility index (Phi) is 21.1. The predicted molar refractivity (Wildman–Crippen MR) is 239 cm³/mol. The summed E-state index contributed by atoms with van der Waals surface area (Å²) < 4.78 is 52.4. The third kappa shape index (κ3) is 14.0. The number of methoxy groups -OCH3 is 2. The van der Waals surface area contributed by atoms with Crippen LogP contribution in [0, 0.1) is 46.3 Å². The maximum atomic E-state index is 13.8. The minimum Gasteiger partial charge on any atom is -0.461 e. The topological polar surface area (TPSA) is 131 Å². The first kappa shape index (κ1) is 51.0. The van der Waals surface area contributed by atoms with Gasteiger partial charge in [-0.05, 0) is 105 Å². The van der Waals surface area contributed by atoms with E-state index >= 15 is 0 Å². The number of esters is 1. The molecule has 0 aromatic carbocycles. The van der Waals surface area contributed by atoms with E-state index in [0.717, 1.165) is 54.8 Å². The van der Waals surface area contributed by atoms with E-state index in [1.807, 2.05) is 13.8 Å². The van der Waals surface area contributed by atoms with Crippen LogP contribution in [0.25, 0.3) is 0 Å². The van der Waals surface area contributed by atoms with E-state index in [0.29, 0.717) is 96.3 Å². The molecule has 0 saturated heterocycles. The van der Waals surface area contributed by atoms with Crippen LogP contribution in [0.3, 0.4) is 0 Å². The molecule has 1 heterocycles. The van der Waals surface area contributed by atoms with Gasteiger partial charge in [-0.25, -0.2) is 9.67 Å². The van der Waals surface area contributed by atoms with E-state index in [-0.39, 0.29) is 24.0 Å². The van der Waals surface area contributed by atoms with Gasteiger partial charge in [-0.3, -0.25) is 4.79 Å². The molecule has 0 unspecified atom stereocenters. The Morgan fingerprint density at radius 1 is 0.742 bits per heavy atom. The molecule has 10 atom stereocenters. The van der Waals surface area contributed by atoms with Crippen LogP contribution in [0.15, 0.2) is 11.6 Å². The zero-order chi connectivity index (χ0) is 44.5. The first-order chi connectivity index (χ1) is 29.9. The van der Waals surface area contributed by atoms with Crippen LogP contribution in [-0.2, 0) is 54.0 Å². The van der Waals surface area contributed by atoms with Crippen LogP contribution < -0.4 is 0 Å². The van der Waals surface area contributed by atoms with Crippen molar-refractivity contribution < 1.29 is 47.4 Å². The van der Waals surface area contributed by atoms with Gasteiger partial charge in [0.15, 0.2) is 11.6 Å². The lowest BCUT2D eigenvalue weighted by molar-refractivity contribution is -0.152. The fraction of sp³-hybridized carbons (Fsp3) is 0.898. The zero-order valence-electron chi connectivity index (χ0n) is 40.2. The van der Waals surface area contributed by atoms with Gasteiger partial charge in [-0.1, -0.05) is 65.5 Å². The molecule has 62 heavy (non-hydrogen) atoms. The Morgan fingerprint density at radius 3 is 1.98 bits per heavy atom. The summed E-state index contributed by atoms with van der Waals surface area (Å²) in [4.78, 5) is 18.6. The molecule has 4 aliphatic carbocycles. The van der Waals surface area contributed by atoms with Crippen LogP contribution in [-0.4, -0.2) is 120 Å². The summed E-state index contributed by atoms with van der Waals surface area (Å²) in [5.41, 5.74) is 2.18. The molecule has 0 aliphatic heterocycles. The average Bonchev–Trinajstić information content (AvgIpc) is 3.83. The number of aromatic nitrogens is 3. The van der Waals surface area contributed by atoms with E-state index < -0.39 is 12.2 Å². The van der Waals surface area contributed by atoms with E-state index in [9.17, 15) is 4.79 Å². The van der Waals surface area contributed by atoms with Crippen molar-refractivity contribution in [1.29, 1.82) is 0 Å². The molecule has 5 rings (SSSR count). The van der Waals surface area contributed by atoms with Crippen molar-refractivity contribution in [3.05, 3.63) is 23.3 Å². The lowest BCUT2D eigenvalue weighted by atomic mass is 9.47. The Balaban J connectivity index is 1.15. The monoisotopic (exact) mass is 876 g/mol. The first-order valence-corrected chi connectivity index (χ1v) is 24.3. The minimum atomic E-state index is -0.449. The van der Waals surface area contributed by atoms with Gasteiger partial charge in [0, 0.05) is 20.6 Å². The molecule has 0 bridgehead atoms. The summed E-state index contributed by atoms with van der Waals surface area (Å²) in [6.07, 6.45) is 15.1. The highest BCUT2D eigenvalue weighted by Gasteiger charge is 2.59. The van der Waals surface area contributed by atoms with Crippen LogP contribution in [0.4, 0.5) is 0 Å². The molecule has 3 fully saturated rings. The van der Waals surface area contributed by atoms with Gasteiger partial charge < -0.3 is 42.6 Å². The molecule has 13 heteroatoms. The van der Waals surface area contributed by atoms with Gasteiger partial charge in [0.25, 0.3) is 0 Å². The summed E-state index contributed by atoms with van der Waals surface area (Å²) in [7, 11) is 3.30. The minimum absolute atomic E-state index is 0.0565. The molecular weight excluding hydrogens is 791 g/mol. The van der Waals surface area contributed by atoms with E-state index in [2.05, 4.69) is 40.7 Å². The third-order valence-corrected chi connectivity index (χ3v) is 15.1. The Hall–Kier alpha value is -1.97. The smallest absolute Gasteiger partial charge is 0.328 e. The van der Waals surface area contributed by atoms with Crippen molar-refractivity contribution >= 4 is 5.97 Å². The number of fused-ring (bicyclic) bond motifs is 5. The first-order valence-electron chi connectivity index (χ1n) is 24.3. The van der Waals surface area contributed by atoms with E-state index in [4.69, 9.17) is 52.7 Å². The summed E-state index contributed by atoms with van der Waals surface area (Å²) in [5, 5.41) is 4.76. The lowest BCUT2D eigenvalue weighted by Crippen LogP contribution is -2.51. The van der Waals surface area contributed by atoms with Gasteiger partial charge in [-0.15, -0.1) is 0 Å². The molecule has 1 aromatic heterocycles. The fourth-order valence-electron chi connectivity index (χ4n) is 11.7. The maximum Gasteiger partial charge on any atom is 0.328 e. The average molecular weight is 876 g/mol. The SMILES string of the molecule is COCCOCCOCCO[C@@H](C)c1nc([C@H](C)OCCOCCOCCOC)n(CC(=O)O[C@H]2CC[C@@]3(C)C(=CC[C@H]4[C@@H]5CC[C@H]([C@H](C)CCCC(C)C)[C@@]5(C)CC[C@@H]43)C2)n1. The molecule has 0 amide bonds. The highest BCUT2D eigenvalue weighted by Crippen LogP contribution is 2.67. The van der Waals surface area contributed by atoms with Crippen LogP contribution in [0.2, 0.25) is 0 Å². The summed E-state index contributed by atoms with van der Waals surface area (Å²) in [5.74, 6) is 5.51. The number of hydrogen-bond acceptors (Lipinski definition) is 12. The standard InChI is InChI=1S/C49H85N3O10/c1-35(2)11-10-12-36(3)42-15-16-43-41-14-13-39-33-40(17-19-48(39,6)44(41)18-20-49(42,43)7)62-45(53)34-52-47(38(5)61-32-30-59-28-26-57-24-22-55-9)50-46(51-52)37(4)60-31-29-58-27-25-56-23-21-54-8/h13,35-38,40-44H,10-12,14-34H2,1-9H3/t36-,37+,38+,40+,41+,42-,43+,44+,48+,49-/m1/s1. The van der Waals surface area contributed by atoms with Gasteiger partial charge in [0.2, 0.25) is 0 Å². The van der Waals surface area contributed by atoms with Crippen LogP contribution in [0.5, 0.6) is 0 Å². The Bertz CT molecular complexity index is 1490. The third-order valence-electron chi connectivity index (χ3n) is 15.1. The Morgan fingerprint density at radius 2 is 1.35 bits per heavy atom. The quantitative estimate of drug-likeness (QED) is 0.0416. The molecule has 0 spiro atoms. The van der Waals surface area contributed by atoms with Crippen molar-refractivity contribution in [3.8, 4) is 0 Å². The van der Waals surface area contributed by atoms with E-state index in [1.54, 1.807) is 18.9 Å². The van der Waals surface area contributed by atoms with Crippen molar-refractivity contribution in [3.63, 3.8) is 0 Å². The lowest BCUT2D eigenvalue weighted by Gasteiger charge is -2.58. The molecule has 356 valence electrons. The molecule has 0 N–H and O–H groups in total. The van der Waals surface area contributed by atoms with Gasteiger partial charge in [0.05, 0.1) is 79.3 Å². The van der Waals surface area contributed by atoms with Gasteiger partial charge >= 0.3 is 5.97 Å². The number of carbonyl (C=O) groups is 1. The molecule has 0 radical (unpaired) electrons. The van der Waals surface area contributed by atoms with Crippen molar-refractivity contribution in [2.75, 3.05) is 93.5 Å². The number of nitrogens with zero attached hydrogens (tertiary/aromatic N) is 3. The van der Waals surface area contributed by atoms with E-state index in [1.165, 1.54) is 56.9 Å². The fourth-order valence-corrected chi connectivity index (χ4v) is 11.7. The molecule has 13 nitrogen and oxygen atoms in total. The molecule has 3 saturated carbocycles. The van der Waals surface area contributed by atoms with Crippen molar-refractivity contribution in [2.45, 2.75) is 144 Å².